The van der Waals surface area contributed by atoms with Crippen LogP contribution in [-0.2, 0) is 0 Å². The van der Waals surface area contributed by atoms with Crippen molar-refractivity contribution < 1.29 is 19.1 Å². The Labute approximate surface area is 133 Å². The summed E-state index contributed by atoms with van der Waals surface area (Å²) in [6.07, 6.45) is 2.36. The Morgan fingerprint density at radius 1 is 1.13 bits per heavy atom. The van der Waals surface area contributed by atoms with E-state index in [1.807, 2.05) is 0 Å². The number of benzene rings is 1. The predicted octanol–water partition coefficient (Wildman–Crippen LogP) is 2.13. The van der Waals surface area contributed by atoms with Gasteiger partial charge in [-0.3, -0.25) is 9.59 Å². The number of piperidine rings is 1. The van der Waals surface area contributed by atoms with E-state index in [0.29, 0.717) is 37.2 Å². The van der Waals surface area contributed by atoms with E-state index in [9.17, 15) is 14.7 Å². The van der Waals surface area contributed by atoms with Gasteiger partial charge in [-0.1, -0.05) is 0 Å². The zero-order chi connectivity index (χ0) is 16.2. The quantitative estimate of drug-likeness (QED) is 0.909. The first-order valence-electron chi connectivity index (χ1n) is 7.56. The van der Waals surface area contributed by atoms with Gasteiger partial charge in [-0.05, 0) is 49.2 Å². The maximum atomic E-state index is 12.4. The SMILES string of the molecule is O=C(Nc1ccc(C(=O)N2CCC(O)CC2)cc1)c1ccco1. The monoisotopic (exact) mass is 314 g/mol. The van der Waals surface area contributed by atoms with Crippen LogP contribution in [0.4, 0.5) is 5.69 Å². The molecule has 0 spiro atoms. The number of hydrogen-bond donors (Lipinski definition) is 2. The van der Waals surface area contributed by atoms with E-state index in [0.717, 1.165) is 0 Å². The summed E-state index contributed by atoms with van der Waals surface area (Å²) in [5, 5.41) is 12.2. The molecule has 1 aromatic heterocycles. The van der Waals surface area contributed by atoms with Crippen LogP contribution in [0, 0.1) is 0 Å². The van der Waals surface area contributed by atoms with Crippen molar-refractivity contribution in [2.45, 2.75) is 18.9 Å². The molecule has 1 aromatic carbocycles. The molecule has 1 aliphatic rings. The first kappa shape index (κ1) is 15.3. The number of nitrogens with one attached hydrogen (secondary N) is 1. The molecule has 0 bridgehead atoms. The first-order chi connectivity index (χ1) is 11.1. The summed E-state index contributed by atoms with van der Waals surface area (Å²) < 4.78 is 5.02. The number of aliphatic hydroxyl groups excluding tert-OH is 1. The number of hydrogen-bond acceptors (Lipinski definition) is 4. The van der Waals surface area contributed by atoms with E-state index in [-0.39, 0.29) is 23.7 Å². The molecule has 0 atom stereocenters. The Bertz CT molecular complexity index is 671. The van der Waals surface area contributed by atoms with Gasteiger partial charge in [-0.15, -0.1) is 0 Å². The number of carbonyl (C=O) groups is 2. The molecule has 2 aromatic rings. The van der Waals surface area contributed by atoms with Crippen molar-refractivity contribution in [3.05, 3.63) is 54.0 Å². The van der Waals surface area contributed by atoms with Crippen LogP contribution in [0.15, 0.2) is 47.1 Å². The van der Waals surface area contributed by atoms with Crippen LogP contribution >= 0.6 is 0 Å². The third kappa shape index (κ3) is 3.60. The van der Waals surface area contributed by atoms with Crippen molar-refractivity contribution in [2.75, 3.05) is 18.4 Å². The lowest BCUT2D eigenvalue weighted by Crippen LogP contribution is -2.40. The Kier molecular flexibility index (Phi) is 4.43. The maximum Gasteiger partial charge on any atom is 0.291 e. The van der Waals surface area contributed by atoms with Gasteiger partial charge >= 0.3 is 0 Å². The van der Waals surface area contributed by atoms with Crippen LogP contribution in [-0.4, -0.2) is 41.0 Å². The van der Waals surface area contributed by atoms with E-state index in [2.05, 4.69) is 5.32 Å². The Hall–Kier alpha value is -2.60. The third-order valence-corrected chi connectivity index (χ3v) is 3.89. The van der Waals surface area contributed by atoms with Crippen LogP contribution in [0.2, 0.25) is 0 Å². The molecule has 6 heteroatoms. The molecule has 0 unspecified atom stereocenters. The molecule has 3 rings (SSSR count). The fraction of sp³-hybridized carbons (Fsp3) is 0.294. The fourth-order valence-electron chi connectivity index (χ4n) is 2.55. The normalized spacial score (nSPS) is 15.4. The van der Waals surface area contributed by atoms with E-state index in [1.165, 1.54) is 6.26 Å². The summed E-state index contributed by atoms with van der Waals surface area (Å²) in [7, 11) is 0. The molecule has 6 nitrogen and oxygen atoms in total. The van der Waals surface area contributed by atoms with Crippen molar-refractivity contribution in [1.29, 1.82) is 0 Å². The molecule has 23 heavy (non-hydrogen) atoms. The Morgan fingerprint density at radius 2 is 1.83 bits per heavy atom. The van der Waals surface area contributed by atoms with Crippen molar-refractivity contribution in [3.8, 4) is 0 Å². The number of carbonyl (C=O) groups excluding carboxylic acids is 2. The lowest BCUT2D eigenvalue weighted by atomic mass is 10.1. The molecular formula is C17H18N2O4. The second-order valence-electron chi connectivity index (χ2n) is 5.53. The van der Waals surface area contributed by atoms with E-state index < -0.39 is 0 Å². The first-order valence-corrected chi connectivity index (χ1v) is 7.56. The Balaban J connectivity index is 1.62. The molecule has 2 heterocycles. The Morgan fingerprint density at radius 3 is 2.43 bits per heavy atom. The topological polar surface area (TPSA) is 82.8 Å². The minimum Gasteiger partial charge on any atom is -0.459 e. The molecule has 0 radical (unpaired) electrons. The highest BCUT2D eigenvalue weighted by atomic mass is 16.3. The van der Waals surface area contributed by atoms with Crippen LogP contribution in [0.5, 0.6) is 0 Å². The van der Waals surface area contributed by atoms with Gasteiger partial charge in [-0.25, -0.2) is 0 Å². The summed E-state index contributed by atoms with van der Waals surface area (Å²) >= 11 is 0. The second kappa shape index (κ2) is 6.66. The number of aliphatic hydroxyl groups is 1. The molecule has 0 saturated carbocycles. The summed E-state index contributed by atoms with van der Waals surface area (Å²) in [5.41, 5.74) is 1.16. The van der Waals surface area contributed by atoms with Crippen molar-refractivity contribution in [3.63, 3.8) is 0 Å². The average Bonchev–Trinajstić information content (AvgIpc) is 3.10. The van der Waals surface area contributed by atoms with Gasteiger partial charge in [0.2, 0.25) is 0 Å². The van der Waals surface area contributed by atoms with Gasteiger partial charge in [0.1, 0.15) is 0 Å². The zero-order valence-corrected chi connectivity index (χ0v) is 12.6. The summed E-state index contributed by atoms with van der Waals surface area (Å²) in [6, 6.07) is 9.97. The van der Waals surface area contributed by atoms with Crippen LogP contribution < -0.4 is 5.32 Å². The highest BCUT2D eigenvalue weighted by Crippen LogP contribution is 2.16. The molecule has 0 aliphatic carbocycles. The third-order valence-electron chi connectivity index (χ3n) is 3.89. The van der Waals surface area contributed by atoms with Crippen molar-refractivity contribution in [1.82, 2.24) is 4.90 Å². The summed E-state index contributed by atoms with van der Waals surface area (Å²) in [6.45, 7) is 1.13. The van der Waals surface area contributed by atoms with Crippen molar-refractivity contribution in [2.24, 2.45) is 0 Å². The van der Waals surface area contributed by atoms with Gasteiger partial charge in [0.15, 0.2) is 5.76 Å². The molecule has 2 amide bonds. The number of nitrogens with zero attached hydrogens (tertiary/aromatic N) is 1. The van der Waals surface area contributed by atoms with Gasteiger partial charge in [0, 0.05) is 24.3 Å². The van der Waals surface area contributed by atoms with E-state index in [4.69, 9.17) is 4.42 Å². The predicted molar refractivity (Wildman–Crippen MR) is 84.2 cm³/mol. The average molecular weight is 314 g/mol. The number of anilines is 1. The smallest absolute Gasteiger partial charge is 0.291 e. The highest BCUT2D eigenvalue weighted by molar-refractivity contribution is 6.02. The summed E-state index contributed by atoms with van der Waals surface area (Å²) in [4.78, 5) is 26.0. The molecule has 1 aliphatic heterocycles. The molecule has 120 valence electrons. The van der Waals surface area contributed by atoms with Gasteiger partial charge in [-0.2, -0.15) is 0 Å². The number of likely N-dealkylation sites (tertiary alicyclic amines) is 1. The second-order valence-corrected chi connectivity index (χ2v) is 5.53. The van der Waals surface area contributed by atoms with Crippen LogP contribution in [0.25, 0.3) is 0 Å². The lowest BCUT2D eigenvalue weighted by Gasteiger charge is -2.29. The lowest BCUT2D eigenvalue weighted by molar-refractivity contribution is 0.0546. The highest BCUT2D eigenvalue weighted by Gasteiger charge is 2.22. The van der Waals surface area contributed by atoms with E-state index in [1.54, 1.807) is 41.3 Å². The van der Waals surface area contributed by atoms with Gasteiger partial charge in [0.25, 0.3) is 11.8 Å². The van der Waals surface area contributed by atoms with Gasteiger partial charge in [0.05, 0.1) is 12.4 Å². The van der Waals surface area contributed by atoms with Crippen LogP contribution in [0.3, 0.4) is 0 Å². The molecule has 2 N–H and O–H groups in total. The minimum atomic E-state index is -0.334. The van der Waals surface area contributed by atoms with E-state index >= 15 is 0 Å². The van der Waals surface area contributed by atoms with Crippen molar-refractivity contribution >= 4 is 17.5 Å². The van der Waals surface area contributed by atoms with Gasteiger partial charge < -0.3 is 19.7 Å². The molecule has 1 fully saturated rings. The number of rotatable bonds is 3. The summed E-state index contributed by atoms with van der Waals surface area (Å²) in [5.74, 6) is -0.156. The number of furan rings is 1. The largest absolute Gasteiger partial charge is 0.459 e. The maximum absolute atomic E-state index is 12.4. The number of amides is 2. The fourth-order valence-corrected chi connectivity index (χ4v) is 2.55. The molecular weight excluding hydrogens is 296 g/mol. The molecule has 1 saturated heterocycles. The standard InChI is InChI=1S/C17H18N2O4/c20-14-7-9-19(10-8-14)17(22)12-3-5-13(6-4-12)18-16(21)15-2-1-11-23-15/h1-6,11,14,20H,7-10H2,(H,18,21). The van der Waals surface area contributed by atoms with Crippen LogP contribution in [0.1, 0.15) is 33.8 Å². The minimum absolute atomic E-state index is 0.0548. The zero-order valence-electron chi connectivity index (χ0n) is 12.6.